The fourth-order valence-corrected chi connectivity index (χ4v) is 2.45. The molecule has 0 amide bonds. The van der Waals surface area contributed by atoms with E-state index in [-0.39, 0.29) is 0 Å². The number of nitrogens with one attached hydrogen (secondary N) is 1. The quantitative estimate of drug-likeness (QED) is 0.816. The van der Waals surface area contributed by atoms with Gasteiger partial charge >= 0.3 is 0 Å². The van der Waals surface area contributed by atoms with E-state index in [1.807, 2.05) is 42.3 Å². The van der Waals surface area contributed by atoms with Gasteiger partial charge in [-0.2, -0.15) is 0 Å². The van der Waals surface area contributed by atoms with E-state index < -0.39 is 0 Å². The van der Waals surface area contributed by atoms with Crippen molar-refractivity contribution in [2.24, 2.45) is 0 Å². The summed E-state index contributed by atoms with van der Waals surface area (Å²) in [6.45, 7) is 1.23. The number of thiocarbonyl (C=S) groups is 1. The highest BCUT2D eigenvalue weighted by Crippen LogP contribution is 2.24. The van der Waals surface area contributed by atoms with E-state index in [1.54, 1.807) is 13.4 Å². The van der Waals surface area contributed by atoms with Gasteiger partial charge < -0.3 is 19.4 Å². The lowest BCUT2D eigenvalue weighted by Crippen LogP contribution is -2.36. The highest BCUT2D eigenvalue weighted by Gasteiger charge is 2.10. The van der Waals surface area contributed by atoms with Gasteiger partial charge in [-0.15, -0.1) is 0 Å². The molecule has 1 aromatic carbocycles. The van der Waals surface area contributed by atoms with Gasteiger partial charge in [0.05, 0.1) is 19.9 Å². The van der Waals surface area contributed by atoms with Crippen LogP contribution in [0.3, 0.4) is 0 Å². The highest BCUT2D eigenvalue weighted by atomic mass is 79.9. The van der Waals surface area contributed by atoms with Gasteiger partial charge in [0.15, 0.2) is 5.11 Å². The van der Waals surface area contributed by atoms with Crippen LogP contribution in [0.4, 0.5) is 0 Å². The molecule has 1 N–H and O–H groups in total. The molecule has 1 heterocycles. The predicted octanol–water partition coefficient (Wildman–Crippen LogP) is 3.56. The zero-order valence-electron chi connectivity index (χ0n) is 11.9. The van der Waals surface area contributed by atoms with Crippen molar-refractivity contribution in [3.8, 4) is 5.75 Å². The third-order valence-corrected chi connectivity index (χ3v) is 3.94. The number of ether oxygens (including phenoxy) is 1. The molecule has 112 valence electrons. The molecular weight excluding hydrogens is 352 g/mol. The number of halogens is 1. The van der Waals surface area contributed by atoms with Crippen LogP contribution in [0.15, 0.2) is 45.5 Å². The van der Waals surface area contributed by atoms with Gasteiger partial charge in [-0.05, 0) is 42.5 Å². The summed E-state index contributed by atoms with van der Waals surface area (Å²) in [6, 6.07) is 9.69. The molecule has 21 heavy (non-hydrogen) atoms. The number of hydrogen-bond acceptors (Lipinski definition) is 3. The van der Waals surface area contributed by atoms with Crippen LogP contribution in [-0.2, 0) is 13.1 Å². The fraction of sp³-hybridized carbons (Fsp3) is 0.267. The lowest BCUT2D eigenvalue weighted by Gasteiger charge is -2.22. The first-order valence-electron chi connectivity index (χ1n) is 6.44. The van der Waals surface area contributed by atoms with Gasteiger partial charge in [0.1, 0.15) is 11.5 Å². The van der Waals surface area contributed by atoms with Gasteiger partial charge in [-0.1, -0.05) is 15.9 Å². The van der Waals surface area contributed by atoms with E-state index in [4.69, 9.17) is 21.4 Å². The van der Waals surface area contributed by atoms with Crippen molar-refractivity contribution in [1.82, 2.24) is 10.2 Å². The van der Waals surface area contributed by atoms with Crippen molar-refractivity contribution in [1.29, 1.82) is 0 Å². The Hall–Kier alpha value is -1.53. The normalized spacial score (nSPS) is 10.2. The first-order chi connectivity index (χ1) is 10.1. The van der Waals surface area contributed by atoms with E-state index in [1.165, 1.54) is 0 Å². The number of rotatable bonds is 5. The van der Waals surface area contributed by atoms with Gasteiger partial charge in [0.2, 0.25) is 0 Å². The molecule has 2 aromatic rings. The minimum absolute atomic E-state index is 0.575. The maximum atomic E-state index is 5.38. The molecule has 0 fully saturated rings. The van der Waals surface area contributed by atoms with Gasteiger partial charge in [0, 0.05) is 23.6 Å². The molecule has 0 saturated heterocycles. The maximum Gasteiger partial charge on any atom is 0.169 e. The second-order valence-corrected chi connectivity index (χ2v) is 5.85. The molecular formula is C15H17BrN2O2S. The molecule has 4 nitrogen and oxygen atoms in total. The van der Waals surface area contributed by atoms with Gasteiger partial charge in [-0.25, -0.2) is 0 Å². The van der Waals surface area contributed by atoms with Crippen LogP contribution in [0, 0.1) is 0 Å². The molecule has 0 radical (unpaired) electrons. The second-order valence-electron chi connectivity index (χ2n) is 4.55. The molecule has 1 aromatic heterocycles. The zero-order chi connectivity index (χ0) is 15.2. The Labute approximate surface area is 138 Å². The van der Waals surface area contributed by atoms with Gasteiger partial charge in [-0.3, -0.25) is 0 Å². The Morgan fingerprint density at radius 2 is 2.24 bits per heavy atom. The van der Waals surface area contributed by atoms with Crippen LogP contribution in [0.2, 0.25) is 0 Å². The smallest absolute Gasteiger partial charge is 0.169 e. The third kappa shape index (κ3) is 4.47. The van der Waals surface area contributed by atoms with E-state index in [0.29, 0.717) is 18.2 Å². The molecule has 2 rings (SSSR count). The Bertz CT molecular complexity index is 602. The minimum atomic E-state index is 0.575. The average molecular weight is 369 g/mol. The average Bonchev–Trinajstić information content (AvgIpc) is 2.98. The molecule has 0 aliphatic rings. The van der Waals surface area contributed by atoms with Crippen molar-refractivity contribution in [3.63, 3.8) is 0 Å². The molecule has 6 heteroatoms. The van der Waals surface area contributed by atoms with Crippen LogP contribution >= 0.6 is 28.1 Å². The van der Waals surface area contributed by atoms with Crippen molar-refractivity contribution in [3.05, 3.63) is 52.4 Å². The van der Waals surface area contributed by atoms with E-state index in [0.717, 1.165) is 21.5 Å². The molecule has 0 aliphatic carbocycles. The molecule has 0 bridgehead atoms. The molecule has 0 aliphatic heterocycles. The monoisotopic (exact) mass is 368 g/mol. The molecule has 0 saturated carbocycles. The van der Waals surface area contributed by atoms with E-state index in [9.17, 15) is 0 Å². The van der Waals surface area contributed by atoms with Crippen LogP contribution in [0.1, 0.15) is 11.3 Å². The fourth-order valence-electron chi connectivity index (χ4n) is 1.91. The Morgan fingerprint density at radius 1 is 1.43 bits per heavy atom. The van der Waals surface area contributed by atoms with Crippen molar-refractivity contribution < 1.29 is 9.15 Å². The standard InChI is InChI=1S/C15H17BrN2O2S/c1-18(15(21)17-9-13-4-3-7-20-13)10-11-8-12(16)5-6-14(11)19-2/h3-8H,9-10H2,1-2H3,(H,17,21). The summed E-state index contributed by atoms with van der Waals surface area (Å²) in [5, 5.41) is 3.83. The Balaban J connectivity index is 1.95. The number of furan rings is 1. The van der Waals surface area contributed by atoms with E-state index >= 15 is 0 Å². The maximum absolute atomic E-state index is 5.38. The van der Waals surface area contributed by atoms with Crippen LogP contribution in [0.5, 0.6) is 5.75 Å². The lowest BCUT2D eigenvalue weighted by atomic mass is 10.2. The largest absolute Gasteiger partial charge is 0.496 e. The lowest BCUT2D eigenvalue weighted by molar-refractivity contribution is 0.396. The second kappa shape index (κ2) is 7.47. The van der Waals surface area contributed by atoms with Crippen LogP contribution in [0.25, 0.3) is 0 Å². The summed E-state index contributed by atoms with van der Waals surface area (Å²) < 4.78 is 11.7. The predicted molar refractivity (Wildman–Crippen MR) is 90.3 cm³/mol. The van der Waals surface area contributed by atoms with Crippen LogP contribution in [-0.4, -0.2) is 24.2 Å². The zero-order valence-corrected chi connectivity index (χ0v) is 14.3. The first kappa shape index (κ1) is 15.9. The third-order valence-electron chi connectivity index (χ3n) is 2.99. The summed E-state index contributed by atoms with van der Waals surface area (Å²) in [5.41, 5.74) is 1.07. The Kier molecular flexibility index (Phi) is 5.64. The topological polar surface area (TPSA) is 37.6 Å². The van der Waals surface area contributed by atoms with Crippen molar-refractivity contribution >= 4 is 33.3 Å². The van der Waals surface area contributed by atoms with Gasteiger partial charge in [0.25, 0.3) is 0 Å². The van der Waals surface area contributed by atoms with Crippen molar-refractivity contribution in [2.75, 3.05) is 14.2 Å². The number of benzene rings is 1. The highest BCUT2D eigenvalue weighted by molar-refractivity contribution is 9.10. The SMILES string of the molecule is COc1ccc(Br)cc1CN(C)C(=S)NCc1ccco1. The summed E-state index contributed by atoms with van der Waals surface area (Å²) in [4.78, 5) is 1.96. The summed E-state index contributed by atoms with van der Waals surface area (Å²) >= 11 is 8.86. The first-order valence-corrected chi connectivity index (χ1v) is 7.64. The van der Waals surface area contributed by atoms with E-state index in [2.05, 4.69) is 21.2 Å². The molecule has 0 spiro atoms. The number of nitrogens with zero attached hydrogens (tertiary/aromatic N) is 1. The Morgan fingerprint density at radius 3 is 2.90 bits per heavy atom. The van der Waals surface area contributed by atoms with Crippen LogP contribution < -0.4 is 10.1 Å². The molecule has 0 atom stereocenters. The minimum Gasteiger partial charge on any atom is -0.496 e. The summed E-state index contributed by atoms with van der Waals surface area (Å²) in [5.74, 6) is 1.70. The number of methoxy groups -OCH3 is 1. The van der Waals surface area contributed by atoms with Crippen molar-refractivity contribution in [2.45, 2.75) is 13.1 Å². The number of hydrogen-bond donors (Lipinski definition) is 1. The summed E-state index contributed by atoms with van der Waals surface area (Å²) in [7, 11) is 3.61. The molecule has 0 unspecified atom stereocenters. The summed E-state index contributed by atoms with van der Waals surface area (Å²) in [6.07, 6.45) is 1.65.